The molecule has 0 spiro atoms. The van der Waals surface area contributed by atoms with Gasteiger partial charge in [-0.3, -0.25) is 0 Å². The molecule has 0 aromatic heterocycles. The Morgan fingerprint density at radius 3 is 2.40 bits per heavy atom. The van der Waals surface area contributed by atoms with Crippen LogP contribution < -0.4 is 0 Å². The number of hydrogen-bond donors (Lipinski definition) is 1. The predicted octanol–water partition coefficient (Wildman–Crippen LogP) is 0.675. The minimum Gasteiger partial charge on any atom is -0.393 e. The maximum atomic E-state index is 11.9. The van der Waals surface area contributed by atoms with Gasteiger partial charge in [-0.2, -0.15) is 0 Å². The zero-order valence-electron chi connectivity index (χ0n) is 9.68. The lowest BCUT2D eigenvalue weighted by Crippen LogP contribution is -2.33. The quantitative estimate of drug-likeness (QED) is 0.779. The van der Waals surface area contributed by atoms with Gasteiger partial charge in [0, 0.05) is 13.1 Å². The van der Waals surface area contributed by atoms with E-state index in [1.807, 2.05) is 13.8 Å². The van der Waals surface area contributed by atoms with E-state index in [0.29, 0.717) is 13.1 Å². The molecule has 2 unspecified atom stereocenters. The Kier molecular flexibility index (Phi) is 4.14. The Morgan fingerprint density at radius 2 is 2.00 bits per heavy atom. The average Bonchev–Trinajstić information content (AvgIpc) is 2.48. The third-order valence-corrected chi connectivity index (χ3v) is 5.01. The Bertz CT molecular complexity index is 298. The molecule has 1 aliphatic rings. The molecule has 0 aromatic carbocycles. The van der Waals surface area contributed by atoms with Crippen molar-refractivity contribution in [3.8, 4) is 0 Å². The highest BCUT2D eigenvalue weighted by atomic mass is 32.2. The molecule has 15 heavy (non-hydrogen) atoms. The second-order valence-corrected chi connectivity index (χ2v) is 6.83. The van der Waals surface area contributed by atoms with Crippen LogP contribution in [0.5, 0.6) is 0 Å². The van der Waals surface area contributed by atoms with Gasteiger partial charge in [0.2, 0.25) is 10.0 Å². The summed E-state index contributed by atoms with van der Waals surface area (Å²) in [5, 5.41) is 9.40. The number of rotatable bonds is 4. The molecular formula is C10H21NO3S. The molecule has 1 heterocycles. The van der Waals surface area contributed by atoms with E-state index < -0.39 is 16.1 Å². The number of sulfonamides is 1. The third-order valence-electron chi connectivity index (χ3n) is 2.81. The van der Waals surface area contributed by atoms with Crippen molar-refractivity contribution in [1.82, 2.24) is 4.31 Å². The molecule has 0 amide bonds. The fourth-order valence-electron chi connectivity index (χ4n) is 1.93. The van der Waals surface area contributed by atoms with Crippen LogP contribution in [0.1, 0.15) is 27.2 Å². The highest BCUT2D eigenvalue weighted by molar-refractivity contribution is 7.89. The van der Waals surface area contributed by atoms with Gasteiger partial charge in [0.25, 0.3) is 0 Å². The molecular weight excluding hydrogens is 214 g/mol. The minimum atomic E-state index is -3.10. The molecule has 0 saturated carbocycles. The van der Waals surface area contributed by atoms with Crippen LogP contribution in [0.25, 0.3) is 0 Å². The van der Waals surface area contributed by atoms with E-state index in [0.717, 1.165) is 6.42 Å². The molecule has 1 saturated heterocycles. The van der Waals surface area contributed by atoms with Crippen molar-refractivity contribution >= 4 is 10.0 Å². The van der Waals surface area contributed by atoms with Crippen molar-refractivity contribution in [2.75, 3.05) is 18.8 Å². The molecule has 90 valence electrons. The summed E-state index contributed by atoms with van der Waals surface area (Å²) in [5.74, 6) is 0.465. The topological polar surface area (TPSA) is 57.6 Å². The van der Waals surface area contributed by atoms with Crippen molar-refractivity contribution < 1.29 is 13.5 Å². The zero-order chi connectivity index (χ0) is 11.6. The van der Waals surface area contributed by atoms with Gasteiger partial charge in [0.15, 0.2) is 0 Å². The summed E-state index contributed by atoms with van der Waals surface area (Å²) in [7, 11) is -3.10. The van der Waals surface area contributed by atoms with Crippen molar-refractivity contribution in [2.45, 2.75) is 33.3 Å². The average molecular weight is 235 g/mol. The zero-order valence-corrected chi connectivity index (χ0v) is 10.5. The lowest BCUT2D eigenvalue weighted by Gasteiger charge is -2.18. The van der Waals surface area contributed by atoms with E-state index in [9.17, 15) is 13.5 Å². The third kappa shape index (κ3) is 3.43. The highest BCUT2D eigenvalue weighted by Gasteiger charge is 2.33. The maximum Gasteiger partial charge on any atom is 0.214 e. The van der Waals surface area contributed by atoms with E-state index in [1.165, 1.54) is 4.31 Å². The smallest absolute Gasteiger partial charge is 0.214 e. The number of hydrogen-bond acceptors (Lipinski definition) is 3. The normalized spacial score (nSPS) is 26.1. The lowest BCUT2D eigenvalue weighted by molar-refractivity contribution is 0.133. The Morgan fingerprint density at radius 1 is 1.40 bits per heavy atom. The minimum absolute atomic E-state index is 0.104. The Balaban J connectivity index is 2.60. The first-order chi connectivity index (χ1) is 6.83. The fraction of sp³-hybridized carbons (Fsp3) is 1.00. The first kappa shape index (κ1) is 12.9. The first-order valence-electron chi connectivity index (χ1n) is 5.49. The van der Waals surface area contributed by atoms with Crippen molar-refractivity contribution in [1.29, 1.82) is 0 Å². The standard InChI is InChI=1S/C10H21NO3S/c1-8(2)7-15(13,14)11-5-4-10(6-11)9(3)12/h8-10,12H,4-7H2,1-3H3. The van der Waals surface area contributed by atoms with Crippen LogP contribution in [0, 0.1) is 11.8 Å². The molecule has 5 heteroatoms. The molecule has 0 aliphatic carbocycles. The van der Waals surface area contributed by atoms with Gasteiger partial charge in [-0.05, 0) is 25.2 Å². The van der Waals surface area contributed by atoms with Crippen molar-refractivity contribution in [3.05, 3.63) is 0 Å². The summed E-state index contributed by atoms with van der Waals surface area (Å²) in [6, 6.07) is 0. The molecule has 0 bridgehead atoms. The van der Waals surface area contributed by atoms with Crippen LogP contribution in [-0.4, -0.2) is 42.8 Å². The predicted molar refractivity (Wildman–Crippen MR) is 60.0 cm³/mol. The van der Waals surface area contributed by atoms with E-state index in [2.05, 4.69) is 0 Å². The second kappa shape index (κ2) is 4.80. The molecule has 0 radical (unpaired) electrons. The number of aliphatic hydroxyl groups excluding tert-OH is 1. The van der Waals surface area contributed by atoms with Gasteiger partial charge in [0.1, 0.15) is 0 Å². The van der Waals surface area contributed by atoms with E-state index in [1.54, 1.807) is 6.92 Å². The molecule has 4 nitrogen and oxygen atoms in total. The summed E-state index contributed by atoms with van der Waals surface area (Å²) in [6.45, 7) is 6.57. The van der Waals surface area contributed by atoms with Gasteiger partial charge in [0.05, 0.1) is 11.9 Å². The molecule has 1 fully saturated rings. The molecule has 1 aliphatic heterocycles. The highest BCUT2D eigenvalue weighted by Crippen LogP contribution is 2.23. The summed E-state index contributed by atoms with van der Waals surface area (Å²) in [4.78, 5) is 0. The number of nitrogens with zero attached hydrogens (tertiary/aromatic N) is 1. The summed E-state index contributed by atoms with van der Waals surface area (Å²) in [5.41, 5.74) is 0. The second-order valence-electron chi connectivity index (χ2n) is 4.82. The van der Waals surface area contributed by atoms with Crippen LogP contribution >= 0.6 is 0 Å². The summed E-state index contributed by atoms with van der Waals surface area (Å²) in [6.07, 6.45) is 0.360. The van der Waals surface area contributed by atoms with Crippen LogP contribution in [0.15, 0.2) is 0 Å². The van der Waals surface area contributed by atoms with Gasteiger partial charge < -0.3 is 5.11 Å². The maximum absolute atomic E-state index is 11.9. The van der Waals surface area contributed by atoms with E-state index >= 15 is 0 Å². The van der Waals surface area contributed by atoms with Gasteiger partial charge in [-0.1, -0.05) is 13.8 Å². The van der Waals surface area contributed by atoms with Crippen LogP contribution in [-0.2, 0) is 10.0 Å². The van der Waals surface area contributed by atoms with Crippen molar-refractivity contribution in [2.24, 2.45) is 11.8 Å². The molecule has 1 N–H and O–H groups in total. The van der Waals surface area contributed by atoms with Gasteiger partial charge in [-0.25, -0.2) is 12.7 Å². The molecule has 2 atom stereocenters. The Hall–Kier alpha value is -0.130. The summed E-state index contributed by atoms with van der Waals surface area (Å²) < 4.78 is 25.2. The Labute approximate surface area is 92.3 Å². The van der Waals surface area contributed by atoms with Gasteiger partial charge >= 0.3 is 0 Å². The van der Waals surface area contributed by atoms with Crippen molar-refractivity contribution in [3.63, 3.8) is 0 Å². The largest absolute Gasteiger partial charge is 0.393 e. The van der Waals surface area contributed by atoms with E-state index in [-0.39, 0.29) is 17.6 Å². The van der Waals surface area contributed by atoms with Crippen LogP contribution in [0.2, 0.25) is 0 Å². The SMILES string of the molecule is CC(C)CS(=O)(=O)N1CCC(C(C)O)C1. The van der Waals surface area contributed by atoms with Crippen LogP contribution in [0.3, 0.4) is 0 Å². The monoisotopic (exact) mass is 235 g/mol. The van der Waals surface area contributed by atoms with Gasteiger partial charge in [-0.15, -0.1) is 0 Å². The lowest BCUT2D eigenvalue weighted by atomic mass is 10.0. The molecule has 1 rings (SSSR count). The number of aliphatic hydroxyl groups is 1. The fourth-order valence-corrected chi connectivity index (χ4v) is 3.78. The summed E-state index contributed by atoms with van der Waals surface area (Å²) >= 11 is 0. The first-order valence-corrected chi connectivity index (χ1v) is 7.09. The molecule has 0 aromatic rings. The van der Waals surface area contributed by atoms with E-state index in [4.69, 9.17) is 0 Å². The van der Waals surface area contributed by atoms with Crippen LogP contribution in [0.4, 0.5) is 0 Å².